The van der Waals surface area contributed by atoms with Crippen LogP contribution in [0.5, 0.6) is 0 Å². The van der Waals surface area contributed by atoms with Crippen LogP contribution in [-0.2, 0) is 29.4 Å². The molecule has 3 N–H and O–H groups in total. The maximum Gasteiger partial charge on any atom is 0.416 e. The Bertz CT molecular complexity index is 1120. The number of hydrogen-bond acceptors (Lipinski definition) is 3. The summed E-state index contributed by atoms with van der Waals surface area (Å²) in [5.41, 5.74) is -0.382. The van der Waals surface area contributed by atoms with Crippen LogP contribution in [0.15, 0.2) is 36.4 Å². The molecule has 2 unspecified atom stereocenters. The number of carbonyl (C=O) groups excluding carboxylic acids is 1. The van der Waals surface area contributed by atoms with Crippen LogP contribution >= 0.6 is 0 Å². The molecule has 2 aromatic rings. The molecule has 0 heterocycles. The van der Waals surface area contributed by atoms with E-state index < -0.39 is 47.0 Å². The third kappa shape index (κ3) is 8.73. The Balaban J connectivity index is 1.89. The molecule has 216 valence electrons. The lowest BCUT2D eigenvalue weighted by atomic mass is 9.74. The van der Waals surface area contributed by atoms with Gasteiger partial charge in [-0.1, -0.05) is 52.2 Å². The van der Waals surface area contributed by atoms with Crippen molar-refractivity contribution in [1.29, 1.82) is 0 Å². The molecule has 39 heavy (non-hydrogen) atoms. The molecule has 1 saturated carbocycles. The van der Waals surface area contributed by atoms with Gasteiger partial charge in [-0.3, -0.25) is 4.79 Å². The third-order valence-electron chi connectivity index (χ3n) is 7.27. The number of hydrogen-bond donors (Lipinski definition) is 3. The fraction of sp³-hybridized carbons (Fsp3) is 0.567. The zero-order valence-corrected chi connectivity index (χ0v) is 23.0. The Morgan fingerprint density at radius 3 is 2.15 bits per heavy atom. The maximum atomic E-state index is 13.8. The number of alkyl halides is 3. The molecule has 4 nitrogen and oxygen atoms in total. The molecule has 0 spiro atoms. The van der Waals surface area contributed by atoms with Crippen LogP contribution in [0.25, 0.3) is 0 Å². The first-order valence-corrected chi connectivity index (χ1v) is 13.4. The van der Waals surface area contributed by atoms with Gasteiger partial charge in [-0.15, -0.1) is 0 Å². The molecular formula is C30H39F5N2O2. The van der Waals surface area contributed by atoms with Crippen molar-refractivity contribution in [1.82, 2.24) is 10.6 Å². The lowest BCUT2D eigenvalue weighted by molar-refractivity contribution is -0.138. The maximum absolute atomic E-state index is 13.8. The third-order valence-corrected chi connectivity index (χ3v) is 7.27. The Morgan fingerprint density at radius 2 is 1.62 bits per heavy atom. The van der Waals surface area contributed by atoms with E-state index in [-0.39, 0.29) is 35.9 Å². The average molecular weight is 555 g/mol. The van der Waals surface area contributed by atoms with Gasteiger partial charge in [-0.25, -0.2) is 8.78 Å². The molecule has 1 aliphatic rings. The first-order chi connectivity index (χ1) is 18.1. The summed E-state index contributed by atoms with van der Waals surface area (Å²) in [6.07, 6.45) is -1.23. The summed E-state index contributed by atoms with van der Waals surface area (Å²) in [6.45, 7) is 7.02. The van der Waals surface area contributed by atoms with Crippen LogP contribution in [0.4, 0.5) is 22.0 Å². The van der Waals surface area contributed by atoms with E-state index in [9.17, 15) is 31.9 Å². The zero-order chi connectivity index (χ0) is 29.0. The summed E-state index contributed by atoms with van der Waals surface area (Å²) in [5.74, 6) is -1.92. The number of nitrogens with one attached hydrogen (secondary N) is 2. The van der Waals surface area contributed by atoms with Crippen molar-refractivity contribution < 1.29 is 31.9 Å². The Kier molecular flexibility index (Phi) is 9.81. The van der Waals surface area contributed by atoms with Gasteiger partial charge in [0.15, 0.2) is 0 Å². The number of aliphatic hydroxyl groups excluding tert-OH is 1. The summed E-state index contributed by atoms with van der Waals surface area (Å²) in [7, 11) is 0. The van der Waals surface area contributed by atoms with Crippen molar-refractivity contribution in [2.45, 2.75) is 96.5 Å². The van der Waals surface area contributed by atoms with Gasteiger partial charge < -0.3 is 15.7 Å². The number of amides is 1. The van der Waals surface area contributed by atoms with Gasteiger partial charge in [-0.2, -0.15) is 13.2 Å². The summed E-state index contributed by atoms with van der Waals surface area (Å²) in [4.78, 5) is 11.9. The van der Waals surface area contributed by atoms with E-state index in [1.54, 1.807) is 6.07 Å². The minimum absolute atomic E-state index is 0.000116. The topological polar surface area (TPSA) is 61.4 Å². The molecule has 2 atom stereocenters. The summed E-state index contributed by atoms with van der Waals surface area (Å²) in [6, 6.07) is 6.56. The number of benzene rings is 2. The molecule has 1 aliphatic carbocycles. The molecule has 1 fully saturated rings. The molecule has 3 rings (SSSR count). The van der Waals surface area contributed by atoms with Crippen LogP contribution in [-0.4, -0.2) is 29.7 Å². The van der Waals surface area contributed by atoms with Gasteiger partial charge in [-0.05, 0) is 66.0 Å². The summed E-state index contributed by atoms with van der Waals surface area (Å²) < 4.78 is 69.0. The van der Waals surface area contributed by atoms with Gasteiger partial charge in [0.2, 0.25) is 5.91 Å². The molecule has 1 amide bonds. The minimum atomic E-state index is -4.47. The van der Waals surface area contributed by atoms with Crippen molar-refractivity contribution in [2.24, 2.45) is 5.41 Å². The average Bonchev–Trinajstić information content (AvgIpc) is 2.80. The highest BCUT2D eigenvalue weighted by Crippen LogP contribution is 2.41. The Morgan fingerprint density at radius 1 is 1.00 bits per heavy atom. The molecule has 0 aliphatic heterocycles. The van der Waals surface area contributed by atoms with Crippen LogP contribution in [0.2, 0.25) is 0 Å². The fourth-order valence-electron chi connectivity index (χ4n) is 5.58. The highest BCUT2D eigenvalue weighted by Gasteiger charge is 2.38. The van der Waals surface area contributed by atoms with E-state index in [2.05, 4.69) is 10.6 Å². The van der Waals surface area contributed by atoms with E-state index in [0.717, 1.165) is 49.1 Å². The monoisotopic (exact) mass is 554 g/mol. The SMILES string of the molecule is CC(=O)NC(Cc1cc(F)cc(F)c1)C(O)CNC1(c2ccc(C(F)(F)F)c(CC(C)(C)C)c2)CCCCC1. The van der Waals surface area contributed by atoms with Gasteiger partial charge in [0.05, 0.1) is 17.7 Å². The molecule has 0 radical (unpaired) electrons. The molecule has 0 aromatic heterocycles. The highest BCUT2D eigenvalue weighted by molar-refractivity contribution is 5.73. The van der Waals surface area contributed by atoms with Crippen molar-refractivity contribution in [3.8, 4) is 0 Å². The number of carbonyl (C=O) groups is 1. The lowest BCUT2D eigenvalue weighted by Crippen LogP contribution is -2.53. The first kappa shape index (κ1) is 31.0. The van der Waals surface area contributed by atoms with E-state index in [1.807, 2.05) is 20.8 Å². The van der Waals surface area contributed by atoms with Crippen LogP contribution in [0.1, 0.15) is 82.1 Å². The van der Waals surface area contributed by atoms with Crippen molar-refractivity contribution >= 4 is 5.91 Å². The van der Waals surface area contributed by atoms with Crippen LogP contribution in [0, 0.1) is 17.0 Å². The highest BCUT2D eigenvalue weighted by atomic mass is 19.4. The molecule has 0 bridgehead atoms. The first-order valence-electron chi connectivity index (χ1n) is 13.4. The van der Waals surface area contributed by atoms with Gasteiger partial charge in [0.25, 0.3) is 0 Å². The van der Waals surface area contributed by atoms with Crippen LogP contribution < -0.4 is 10.6 Å². The van der Waals surface area contributed by atoms with Gasteiger partial charge in [0.1, 0.15) is 11.6 Å². The van der Waals surface area contributed by atoms with Gasteiger partial charge >= 0.3 is 6.18 Å². The van der Waals surface area contributed by atoms with E-state index in [1.165, 1.54) is 13.0 Å². The second-order valence-corrected chi connectivity index (χ2v) is 12.0. The Hall–Kier alpha value is -2.52. The summed E-state index contributed by atoms with van der Waals surface area (Å²) in [5, 5.41) is 17.2. The van der Waals surface area contributed by atoms with Crippen molar-refractivity contribution in [2.75, 3.05) is 6.54 Å². The second kappa shape index (κ2) is 12.3. The number of aliphatic hydroxyl groups is 1. The number of halogens is 5. The predicted molar refractivity (Wildman–Crippen MR) is 141 cm³/mol. The fourth-order valence-corrected chi connectivity index (χ4v) is 5.58. The quantitative estimate of drug-likeness (QED) is 0.313. The second-order valence-electron chi connectivity index (χ2n) is 12.0. The lowest BCUT2D eigenvalue weighted by Gasteiger charge is -2.41. The Labute approximate surface area is 227 Å². The predicted octanol–water partition coefficient (Wildman–Crippen LogP) is 6.43. The standard InChI is InChI=1S/C30H39F5N2O2/c1-19(38)37-26(14-20-12-23(31)16-24(32)13-20)27(39)18-36-29(10-6-5-7-11-29)22-8-9-25(30(33,34)35)21(15-22)17-28(2,3)4/h8-9,12-13,15-16,26-27,36,39H,5-7,10-11,14,17-18H2,1-4H3,(H,37,38). The molecule has 0 saturated heterocycles. The normalized spacial score (nSPS) is 17.5. The zero-order valence-electron chi connectivity index (χ0n) is 23.0. The molecule has 9 heteroatoms. The molecule has 2 aromatic carbocycles. The van der Waals surface area contributed by atoms with Crippen molar-refractivity contribution in [3.05, 3.63) is 70.3 Å². The van der Waals surface area contributed by atoms with E-state index >= 15 is 0 Å². The largest absolute Gasteiger partial charge is 0.416 e. The van der Waals surface area contributed by atoms with E-state index in [4.69, 9.17) is 0 Å². The molecular weight excluding hydrogens is 515 g/mol. The minimum Gasteiger partial charge on any atom is -0.390 e. The van der Waals surface area contributed by atoms with Gasteiger partial charge in [0, 0.05) is 25.1 Å². The summed E-state index contributed by atoms with van der Waals surface area (Å²) >= 11 is 0. The van der Waals surface area contributed by atoms with Crippen molar-refractivity contribution in [3.63, 3.8) is 0 Å². The number of rotatable bonds is 9. The van der Waals surface area contributed by atoms with E-state index in [0.29, 0.717) is 12.8 Å². The van der Waals surface area contributed by atoms with Crippen LogP contribution in [0.3, 0.4) is 0 Å². The smallest absolute Gasteiger partial charge is 0.390 e.